The number of aromatic carboxylic acids is 1. The highest BCUT2D eigenvalue weighted by Crippen LogP contribution is 2.32. The SMILES string of the molecule is O=C(O)c1cnn(-c2nc(NC3CC3)c3cc(Oc4ccccc4)ccc3n2)c1. The molecule has 1 aliphatic rings. The quantitative estimate of drug-likeness (QED) is 0.517. The van der Waals surface area contributed by atoms with E-state index in [0.717, 1.165) is 24.0 Å². The zero-order valence-corrected chi connectivity index (χ0v) is 15.3. The minimum atomic E-state index is -1.05. The second-order valence-electron chi connectivity index (χ2n) is 6.86. The molecule has 0 amide bonds. The molecule has 0 saturated heterocycles. The van der Waals surface area contributed by atoms with Gasteiger partial charge in [0.15, 0.2) is 0 Å². The zero-order valence-electron chi connectivity index (χ0n) is 15.3. The van der Waals surface area contributed by atoms with E-state index in [0.29, 0.717) is 29.1 Å². The maximum absolute atomic E-state index is 11.1. The van der Waals surface area contributed by atoms with E-state index in [1.165, 1.54) is 17.1 Å². The van der Waals surface area contributed by atoms with Crippen LogP contribution < -0.4 is 10.1 Å². The van der Waals surface area contributed by atoms with Crippen molar-refractivity contribution in [3.8, 4) is 17.4 Å². The highest BCUT2D eigenvalue weighted by Gasteiger charge is 2.23. The zero-order chi connectivity index (χ0) is 19.8. The molecule has 1 fully saturated rings. The van der Waals surface area contributed by atoms with Crippen LogP contribution in [0.1, 0.15) is 23.2 Å². The van der Waals surface area contributed by atoms with Crippen molar-refractivity contribution in [2.45, 2.75) is 18.9 Å². The van der Waals surface area contributed by atoms with Crippen LogP contribution in [0.3, 0.4) is 0 Å². The third kappa shape index (κ3) is 3.60. The van der Waals surface area contributed by atoms with Gasteiger partial charge in [-0.05, 0) is 43.2 Å². The van der Waals surface area contributed by atoms with Crippen LogP contribution in [0.5, 0.6) is 11.5 Å². The van der Waals surface area contributed by atoms with Crippen molar-refractivity contribution in [2.24, 2.45) is 0 Å². The summed E-state index contributed by atoms with van der Waals surface area (Å²) in [6.45, 7) is 0. The van der Waals surface area contributed by atoms with E-state index in [2.05, 4.69) is 20.4 Å². The Labute approximate surface area is 165 Å². The number of para-hydroxylation sites is 1. The number of carboxylic acids is 1. The van der Waals surface area contributed by atoms with Gasteiger partial charge in [-0.1, -0.05) is 18.2 Å². The largest absolute Gasteiger partial charge is 0.478 e. The van der Waals surface area contributed by atoms with Crippen LogP contribution in [0, 0.1) is 0 Å². The molecule has 1 saturated carbocycles. The minimum Gasteiger partial charge on any atom is -0.478 e. The molecule has 2 aromatic carbocycles. The lowest BCUT2D eigenvalue weighted by Crippen LogP contribution is -2.09. The number of fused-ring (bicyclic) bond motifs is 1. The molecular formula is C21H17N5O3. The predicted molar refractivity (Wildman–Crippen MR) is 107 cm³/mol. The average molecular weight is 387 g/mol. The molecule has 0 spiro atoms. The van der Waals surface area contributed by atoms with Crippen molar-refractivity contribution in [1.29, 1.82) is 0 Å². The van der Waals surface area contributed by atoms with Gasteiger partial charge < -0.3 is 15.2 Å². The number of ether oxygens (including phenoxy) is 1. The van der Waals surface area contributed by atoms with E-state index in [1.54, 1.807) is 0 Å². The van der Waals surface area contributed by atoms with Gasteiger partial charge in [-0.2, -0.15) is 10.1 Å². The number of hydrogen-bond donors (Lipinski definition) is 2. The van der Waals surface area contributed by atoms with Crippen LogP contribution in [0.25, 0.3) is 16.9 Å². The Hall–Kier alpha value is -3.94. The summed E-state index contributed by atoms with van der Waals surface area (Å²) in [6.07, 6.45) is 4.86. The molecule has 8 heteroatoms. The number of carbonyl (C=O) groups is 1. The molecule has 4 aromatic rings. The van der Waals surface area contributed by atoms with Crippen molar-refractivity contribution >= 4 is 22.7 Å². The van der Waals surface area contributed by atoms with E-state index >= 15 is 0 Å². The average Bonchev–Trinajstić information content (AvgIpc) is 3.40. The summed E-state index contributed by atoms with van der Waals surface area (Å²) in [5.41, 5.74) is 0.794. The van der Waals surface area contributed by atoms with Crippen LogP contribution in [-0.2, 0) is 0 Å². The van der Waals surface area contributed by atoms with Crippen molar-refractivity contribution in [3.05, 3.63) is 66.5 Å². The number of carboxylic acid groups (broad SMARTS) is 1. The smallest absolute Gasteiger partial charge is 0.338 e. The van der Waals surface area contributed by atoms with E-state index in [4.69, 9.17) is 9.84 Å². The molecule has 0 atom stereocenters. The van der Waals surface area contributed by atoms with Gasteiger partial charge in [0.25, 0.3) is 5.95 Å². The first-order chi connectivity index (χ1) is 14.2. The van der Waals surface area contributed by atoms with E-state index in [-0.39, 0.29) is 5.56 Å². The Morgan fingerprint density at radius 2 is 1.93 bits per heavy atom. The second kappa shape index (κ2) is 6.90. The second-order valence-corrected chi connectivity index (χ2v) is 6.86. The van der Waals surface area contributed by atoms with Gasteiger partial charge in [0, 0.05) is 17.6 Å². The molecule has 0 aliphatic heterocycles. The molecule has 0 unspecified atom stereocenters. The van der Waals surface area contributed by atoms with E-state index in [1.807, 2.05) is 48.5 Å². The Balaban J connectivity index is 1.56. The number of aromatic nitrogens is 4. The Morgan fingerprint density at radius 1 is 1.10 bits per heavy atom. The van der Waals surface area contributed by atoms with Crippen LogP contribution in [-0.4, -0.2) is 36.9 Å². The van der Waals surface area contributed by atoms with Gasteiger partial charge in [-0.25, -0.2) is 14.5 Å². The van der Waals surface area contributed by atoms with Crippen LogP contribution >= 0.6 is 0 Å². The number of rotatable bonds is 6. The molecule has 144 valence electrons. The number of anilines is 1. The topological polar surface area (TPSA) is 102 Å². The standard InChI is InChI=1S/C21H17N5O3/c27-20(28)13-11-22-26(12-13)21-24-18-9-8-16(29-15-4-2-1-3-5-15)10-17(18)19(25-21)23-14-6-7-14/h1-5,8-12,14H,6-7H2,(H,27,28)(H,23,24,25). The van der Waals surface area contributed by atoms with Gasteiger partial charge in [-0.3, -0.25) is 0 Å². The predicted octanol–water partition coefficient (Wildman–Crippen LogP) is 3.88. The molecule has 0 radical (unpaired) electrons. The minimum absolute atomic E-state index is 0.0806. The fraction of sp³-hybridized carbons (Fsp3) is 0.143. The lowest BCUT2D eigenvalue weighted by molar-refractivity contribution is 0.0697. The number of nitrogens with zero attached hydrogens (tertiary/aromatic N) is 4. The maximum atomic E-state index is 11.1. The number of nitrogens with one attached hydrogen (secondary N) is 1. The number of benzene rings is 2. The molecule has 29 heavy (non-hydrogen) atoms. The van der Waals surface area contributed by atoms with Gasteiger partial charge >= 0.3 is 5.97 Å². The lowest BCUT2D eigenvalue weighted by atomic mass is 10.2. The first-order valence-corrected chi connectivity index (χ1v) is 9.25. The molecule has 8 nitrogen and oxygen atoms in total. The molecule has 2 aromatic heterocycles. The molecule has 5 rings (SSSR count). The van der Waals surface area contributed by atoms with Crippen LogP contribution in [0.4, 0.5) is 5.82 Å². The third-order valence-corrected chi connectivity index (χ3v) is 4.59. The highest BCUT2D eigenvalue weighted by atomic mass is 16.5. The van der Waals surface area contributed by atoms with Crippen molar-refractivity contribution in [3.63, 3.8) is 0 Å². The monoisotopic (exact) mass is 387 g/mol. The summed E-state index contributed by atoms with van der Waals surface area (Å²) >= 11 is 0. The Morgan fingerprint density at radius 3 is 2.66 bits per heavy atom. The van der Waals surface area contributed by atoms with E-state index < -0.39 is 5.97 Å². The molecular weight excluding hydrogens is 370 g/mol. The first-order valence-electron chi connectivity index (χ1n) is 9.25. The fourth-order valence-corrected chi connectivity index (χ4v) is 2.96. The van der Waals surface area contributed by atoms with Crippen molar-refractivity contribution < 1.29 is 14.6 Å². The van der Waals surface area contributed by atoms with Crippen molar-refractivity contribution in [2.75, 3.05) is 5.32 Å². The maximum Gasteiger partial charge on any atom is 0.338 e. The van der Waals surface area contributed by atoms with Gasteiger partial charge in [0.2, 0.25) is 0 Å². The normalized spacial score (nSPS) is 13.4. The van der Waals surface area contributed by atoms with Crippen molar-refractivity contribution in [1.82, 2.24) is 19.7 Å². The molecule has 0 bridgehead atoms. The number of hydrogen-bond acceptors (Lipinski definition) is 6. The molecule has 2 N–H and O–H groups in total. The lowest BCUT2D eigenvalue weighted by Gasteiger charge is -2.12. The van der Waals surface area contributed by atoms with Gasteiger partial charge in [0.1, 0.15) is 17.3 Å². The molecule has 1 aliphatic carbocycles. The summed E-state index contributed by atoms with van der Waals surface area (Å²) in [6, 6.07) is 15.6. The Bertz CT molecular complexity index is 1200. The van der Waals surface area contributed by atoms with Crippen LogP contribution in [0.15, 0.2) is 60.9 Å². The Kier molecular flexibility index (Phi) is 4.09. The fourth-order valence-electron chi connectivity index (χ4n) is 2.96. The summed E-state index contributed by atoms with van der Waals surface area (Å²) in [4.78, 5) is 20.3. The van der Waals surface area contributed by atoms with Crippen LogP contribution in [0.2, 0.25) is 0 Å². The summed E-state index contributed by atoms with van der Waals surface area (Å²) in [7, 11) is 0. The molecule has 2 heterocycles. The summed E-state index contributed by atoms with van der Waals surface area (Å²) < 4.78 is 7.31. The third-order valence-electron chi connectivity index (χ3n) is 4.59. The summed E-state index contributed by atoms with van der Waals surface area (Å²) in [5, 5.41) is 17.5. The summed E-state index contributed by atoms with van der Waals surface area (Å²) in [5.74, 6) is 1.38. The van der Waals surface area contributed by atoms with E-state index in [9.17, 15) is 4.79 Å². The first kappa shape index (κ1) is 17.2. The van der Waals surface area contributed by atoms with Gasteiger partial charge in [0.05, 0.1) is 17.3 Å². The van der Waals surface area contributed by atoms with Gasteiger partial charge in [-0.15, -0.1) is 0 Å². The highest BCUT2D eigenvalue weighted by molar-refractivity contribution is 5.91.